The van der Waals surface area contributed by atoms with Gasteiger partial charge in [0.05, 0.1) is 24.0 Å². The number of imidazole rings is 1. The zero-order chi connectivity index (χ0) is 24.5. The molecule has 0 aliphatic rings. The van der Waals surface area contributed by atoms with Crippen molar-refractivity contribution >= 4 is 17.1 Å². The number of hydrogen-bond acceptors (Lipinski definition) is 6. The normalized spacial score (nSPS) is 13.9. The number of aliphatic hydroxyl groups excluding tert-OH is 1. The summed E-state index contributed by atoms with van der Waals surface area (Å²) in [6.45, 7) is 3.40. The molecule has 0 saturated carbocycles. The number of carbonyl (C=O) groups is 1. The highest BCUT2D eigenvalue weighted by molar-refractivity contribution is 5.89. The van der Waals surface area contributed by atoms with Crippen LogP contribution in [0.1, 0.15) is 31.7 Å². The van der Waals surface area contributed by atoms with Crippen LogP contribution in [0.5, 0.6) is 0 Å². The number of nitrogens with one attached hydrogen (secondary N) is 2. The second-order valence-electron chi connectivity index (χ2n) is 8.09. The molecule has 4 heterocycles. The number of rotatable bonds is 7. The van der Waals surface area contributed by atoms with Gasteiger partial charge in [-0.05, 0) is 38.0 Å². The van der Waals surface area contributed by atoms with E-state index < -0.39 is 30.5 Å². The quantitative estimate of drug-likeness (QED) is 0.379. The average molecular weight is 473 g/mol. The molecule has 2 unspecified atom stereocenters. The summed E-state index contributed by atoms with van der Waals surface area (Å²) in [5, 5.41) is 16.5. The minimum absolute atomic E-state index is 0.255. The van der Waals surface area contributed by atoms with Gasteiger partial charge in [-0.25, -0.2) is 19.6 Å². The summed E-state index contributed by atoms with van der Waals surface area (Å²) in [4.78, 5) is 28.2. The fraction of sp³-hybridized carbons (Fsp3) is 0.318. The van der Waals surface area contributed by atoms with E-state index in [1.54, 1.807) is 44.8 Å². The van der Waals surface area contributed by atoms with Crippen molar-refractivity contribution in [3.63, 3.8) is 0 Å². The lowest BCUT2D eigenvalue weighted by Crippen LogP contribution is -2.38. The molecule has 0 radical (unpaired) electrons. The Morgan fingerprint density at radius 2 is 1.97 bits per heavy atom. The molecule has 4 rings (SSSR count). The van der Waals surface area contributed by atoms with Crippen molar-refractivity contribution < 1.29 is 23.1 Å². The zero-order valence-corrected chi connectivity index (χ0v) is 18.3. The predicted octanol–water partition coefficient (Wildman–Crippen LogP) is 3.13. The van der Waals surface area contributed by atoms with E-state index in [9.17, 15) is 23.1 Å². The summed E-state index contributed by atoms with van der Waals surface area (Å²) in [5.41, 5.74) is 3.21. The molecule has 0 aliphatic heterocycles. The Balaban J connectivity index is 1.59. The maximum Gasteiger partial charge on any atom is 0.414 e. The Labute approximate surface area is 192 Å². The number of aromatic nitrogens is 6. The molecule has 0 bridgehead atoms. The first-order valence-corrected chi connectivity index (χ1v) is 10.5. The van der Waals surface area contributed by atoms with Crippen molar-refractivity contribution in [3.8, 4) is 16.9 Å². The van der Waals surface area contributed by atoms with Gasteiger partial charge in [0.15, 0.2) is 17.6 Å². The van der Waals surface area contributed by atoms with E-state index >= 15 is 0 Å². The minimum atomic E-state index is -4.83. The van der Waals surface area contributed by atoms with Gasteiger partial charge in [-0.2, -0.15) is 18.3 Å². The monoisotopic (exact) mass is 473 g/mol. The Kier molecular flexibility index (Phi) is 6.33. The van der Waals surface area contributed by atoms with Crippen molar-refractivity contribution in [2.24, 2.45) is 0 Å². The van der Waals surface area contributed by atoms with Crippen molar-refractivity contribution in [2.45, 2.75) is 44.5 Å². The van der Waals surface area contributed by atoms with E-state index in [4.69, 9.17) is 0 Å². The fourth-order valence-electron chi connectivity index (χ4n) is 3.55. The summed E-state index contributed by atoms with van der Waals surface area (Å²) in [5.74, 6) is -1.43. The van der Waals surface area contributed by atoms with E-state index in [2.05, 4.69) is 30.4 Å². The van der Waals surface area contributed by atoms with Crippen molar-refractivity contribution in [1.29, 1.82) is 0 Å². The van der Waals surface area contributed by atoms with Crippen LogP contribution in [0.25, 0.3) is 28.1 Å². The van der Waals surface area contributed by atoms with Gasteiger partial charge in [0.1, 0.15) is 0 Å². The van der Waals surface area contributed by atoms with Gasteiger partial charge in [0, 0.05) is 35.8 Å². The molecule has 0 fully saturated rings. The Bertz CT molecular complexity index is 1280. The second-order valence-corrected chi connectivity index (χ2v) is 8.09. The van der Waals surface area contributed by atoms with Crippen LogP contribution in [0.2, 0.25) is 0 Å². The first-order chi connectivity index (χ1) is 16.1. The van der Waals surface area contributed by atoms with Gasteiger partial charge in [0.2, 0.25) is 5.91 Å². The number of alkyl halides is 3. The smallest absolute Gasteiger partial charge is 0.384 e. The Hall–Kier alpha value is -3.80. The number of pyridine rings is 2. The number of halogens is 3. The molecule has 1 amide bonds. The number of amides is 1. The van der Waals surface area contributed by atoms with Crippen LogP contribution in [-0.4, -0.2) is 59.1 Å². The molecule has 4 aromatic rings. The number of carbonyl (C=O) groups excluding carboxylic acids is 1. The molecule has 9 nitrogen and oxygen atoms in total. The average Bonchev–Trinajstić information content (AvgIpc) is 3.46. The standard InChI is InChI=1S/C22H22F3N7O2/c1-12(2)31-21(34)16(7-17(33)22(23,24)25)13-3-4-18(27-8-13)32-10-14(9-30-32)15-5-6-26-20-19(15)28-11-29-20/h3-6,8-12,16-17,33H,7H2,1-2H3,(H,31,34)(H,26,28,29). The van der Waals surface area contributed by atoms with Crippen molar-refractivity contribution in [1.82, 2.24) is 35.0 Å². The minimum Gasteiger partial charge on any atom is -0.384 e. The molecular formula is C22H22F3N7O2. The molecule has 0 saturated heterocycles. The third-order valence-electron chi connectivity index (χ3n) is 5.21. The number of H-pyrrole nitrogens is 1. The van der Waals surface area contributed by atoms with E-state index in [1.165, 1.54) is 16.9 Å². The summed E-state index contributed by atoms with van der Waals surface area (Å²) in [7, 11) is 0. The molecule has 0 spiro atoms. The molecule has 34 heavy (non-hydrogen) atoms. The summed E-state index contributed by atoms with van der Waals surface area (Å²) >= 11 is 0. The van der Waals surface area contributed by atoms with Gasteiger partial charge in [-0.1, -0.05) is 6.07 Å². The van der Waals surface area contributed by atoms with Gasteiger partial charge >= 0.3 is 6.18 Å². The van der Waals surface area contributed by atoms with Gasteiger partial charge in [-0.15, -0.1) is 0 Å². The molecular weight excluding hydrogens is 451 g/mol. The highest BCUT2D eigenvalue weighted by atomic mass is 19.4. The first kappa shape index (κ1) is 23.4. The van der Waals surface area contributed by atoms with Crippen LogP contribution in [-0.2, 0) is 4.79 Å². The van der Waals surface area contributed by atoms with Gasteiger partial charge in [-0.3, -0.25) is 4.79 Å². The van der Waals surface area contributed by atoms with Crippen LogP contribution in [0, 0.1) is 0 Å². The molecule has 178 valence electrons. The van der Waals surface area contributed by atoms with Gasteiger partial charge in [0.25, 0.3) is 0 Å². The number of hydrogen-bond donors (Lipinski definition) is 3. The number of nitrogens with zero attached hydrogens (tertiary/aromatic N) is 5. The predicted molar refractivity (Wildman–Crippen MR) is 117 cm³/mol. The lowest BCUT2D eigenvalue weighted by molar-refractivity contribution is -0.206. The number of aliphatic hydroxyl groups is 1. The van der Waals surface area contributed by atoms with E-state index in [0.717, 1.165) is 16.6 Å². The maximum atomic E-state index is 12.9. The molecule has 3 N–H and O–H groups in total. The summed E-state index contributed by atoms with van der Waals surface area (Å²) in [6.07, 6.45) is -0.377. The maximum absolute atomic E-state index is 12.9. The molecule has 0 aliphatic carbocycles. The third kappa shape index (κ3) is 4.91. The van der Waals surface area contributed by atoms with Crippen LogP contribution < -0.4 is 5.32 Å². The summed E-state index contributed by atoms with van der Waals surface area (Å²) in [6, 6.07) is 4.61. The fourth-order valence-corrected chi connectivity index (χ4v) is 3.55. The first-order valence-electron chi connectivity index (χ1n) is 10.5. The zero-order valence-electron chi connectivity index (χ0n) is 18.3. The SMILES string of the molecule is CC(C)NC(=O)C(CC(O)C(F)(F)F)c1ccc(-n2cc(-c3ccnc4nc[nH]c34)cn2)nc1. The topological polar surface area (TPSA) is 122 Å². The lowest BCUT2D eigenvalue weighted by Gasteiger charge is -2.22. The highest BCUT2D eigenvalue weighted by Crippen LogP contribution is 2.30. The van der Waals surface area contributed by atoms with Crippen molar-refractivity contribution in [3.05, 3.63) is 54.9 Å². The van der Waals surface area contributed by atoms with E-state index in [0.29, 0.717) is 11.5 Å². The van der Waals surface area contributed by atoms with E-state index in [1.807, 2.05) is 6.07 Å². The third-order valence-corrected chi connectivity index (χ3v) is 5.21. The van der Waals surface area contributed by atoms with Crippen LogP contribution in [0.4, 0.5) is 13.2 Å². The second kappa shape index (κ2) is 9.21. The molecule has 12 heteroatoms. The van der Waals surface area contributed by atoms with Crippen LogP contribution in [0.3, 0.4) is 0 Å². The van der Waals surface area contributed by atoms with Gasteiger partial charge < -0.3 is 15.4 Å². The van der Waals surface area contributed by atoms with Crippen LogP contribution >= 0.6 is 0 Å². The highest BCUT2D eigenvalue weighted by Gasteiger charge is 2.41. The molecule has 4 aromatic heterocycles. The van der Waals surface area contributed by atoms with Crippen LogP contribution in [0.15, 0.2) is 49.3 Å². The largest absolute Gasteiger partial charge is 0.414 e. The molecule has 0 aromatic carbocycles. The summed E-state index contributed by atoms with van der Waals surface area (Å²) < 4.78 is 40.3. The number of fused-ring (bicyclic) bond motifs is 1. The number of aromatic amines is 1. The van der Waals surface area contributed by atoms with Crippen molar-refractivity contribution in [2.75, 3.05) is 0 Å². The lowest BCUT2D eigenvalue weighted by atomic mass is 9.93. The Morgan fingerprint density at radius 3 is 2.65 bits per heavy atom. The van der Waals surface area contributed by atoms with E-state index in [-0.39, 0.29) is 11.6 Å². The molecule has 2 atom stereocenters. The Morgan fingerprint density at radius 1 is 1.18 bits per heavy atom.